The van der Waals surface area contributed by atoms with Crippen molar-refractivity contribution in [1.82, 2.24) is 14.8 Å². The van der Waals surface area contributed by atoms with Crippen molar-refractivity contribution < 1.29 is 18.4 Å². The van der Waals surface area contributed by atoms with Gasteiger partial charge in [0.05, 0.1) is 19.1 Å². The molecule has 0 aliphatic heterocycles. The van der Waals surface area contributed by atoms with Gasteiger partial charge in [0.25, 0.3) is 0 Å². The Balaban J connectivity index is 1.73. The van der Waals surface area contributed by atoms with Crippen LogP contribution < -0.4 is 0 Å². The molecule has 7 nitrogen and oxygen atoms in total. The molecule has 3 heterocycles. The standard InChI is InChI=1S/C15H15N3O4S/c1-9-11(14(19)20-3)7-10(22-9)8-23-15-17-16-13(18(15)2)12-5-4-6-21-12/h4-7H,8H2,1-3H3. The molecule has 0 aliphatic carbocycles. The van der Waals surface area contributed by atoms with E-state index in [0.717, 1.165) is 5.16 Å². The van der Waals surface area contributed by atoms with E-state index in [1.807, 2.05) is 17.7 Å². The second-order valence-electron chi connectivity index (χ2n) is 4.81. The van der Waals surface area contributed by atoms with Gasteiger partial charge in [-0.2, -0.15) is 0 Å². The molecule has 0 bridgehead atoms. The highest BCUT2D eigenvalue weighted by Crippen LogP contribution is 2.27. The summed E-state index contributed by atoms with van der Waals surface area (Å²) in [7, 11) is 3.21. The molecule has 0 saturated carbocycles. The molecule has 0 aromatic carbocycles. The Kier molecular flexibility index (Phi) is 4.24. The lowest BCUT2D eigenvalue weighted by Crippen LogP contribution is -2.00. The molecule has 0 saturated heterocycles. The van der Waals surface area contributed by atoms with Crippen LogP contribution in [0.1, 0.15) is 21.9 Å². The maximum absolute atomic E-state index is 11.6. The number of rotatable bonds is 5. The number of aryl methyl sites for hydroxylation is 1. The van der Waals surface area contributed by atoms with E-state index in [1.165, 1.54) is 18.9 Å². The molecule has 0 radical (unpaired) electrons. The lowest BCUT2D eigenvalue weighted by molar-refractivity contribution is 0.0599. The minimum absolute atomic E-state index is 0.402. The molecule has 23 heavy (non-hydrogen) atoms. The van der Waals surface area contributed by atoms with Crippen LogP contribution in [0.3, 0.4) is 0 Å². The molecule has 3 aromatic rings. The highest BCUT2D eigenvalue weighted by Gasteiger charge is 2.17. The molecular formula is C15H15N3O4S. The molecule has 0 spiro atoms. The number of carbonyl (C=O) groups excluding carboxylic acids is 1. The van der Waals surface area contributed by atoms with E-state index in [0.29, 0.717) is 34.4 Å². The summed E-state index contributed by atoms with van der Waals surface area (Å²) in [5.74, 6) is 2.66. The number of methoxy groups -OCH3 is 1. The van der Waals surface area contributed by atoms with Gasteiger partial charge < -0.3 is 18.1 Å². The van der Waals surface area contributed by atoms with Gasteiger partial charge in [-0.1, -0.05) is 11.8 Å². The Bertz CT molecular complexity index is 820. The van der Waals surface area contributed by atoms with Gasteiger partial charge in [0, 0.05) is 7.05 Å². The van der Waals surface area contributed by atoms with E-state index in [2.05, 4.69) is 10.2 Å². The molecule has 0 fully saturated rings. The summed E-state index contributed by atoms with van der Waals surface area (Å²) in [4.78, 5) is 11.6. The van der Waals surface area contributed by atoms with Gasteiger partial charge in [0.1, 0.15) is 17.1 Å². The predicted octanol–water partition coefficient (Wildman–Crippen LogP) is 3.06. The topological polar surface area (TPSA) is 83.3 Å². The second-order valence-corrected chi connectivity index (χ2v) is 5.75. The minimum atomic E-state index is -0.402. The summed E-state index contributed by atoms with van der Waals surface area (Å²) < 4.78 is 17.5. The number of thioether (sulfide) groups is 1. The van der Waals surface area contributed by atoms with Crippen LogP contribution in [0.5, 0.6) is 0 Å². The molecule has 8 heteroatoms. The SMILES string of the molecule is COC(=O)c1cc(CSc2nnc(-c3ccco3)n2C)oc1C. The third-order valence-corrected chi connectivity index (χ3v) is 4.34. The monoisotopic (exact) mass is 333 g/mol. The van der Waals surface area contributed by atoms with Crippen LogP contribution in [0.15, 0.2) is 38.5 Å². The maximum Gasteiger partial charge on any atom is 0.341 e. The fraction of sp³-hybridized carbons (Fsp3) is 0.267. The van der Waals surface area contributed by atoms with Gasteiger partial charge in [-0.15, -0.1) is 10.2 Å². The molecular weight excluding hydrogens is 318 g/mol. The molecule has 120 valence electrons. The van der Waals surface area contributed by atoms with E-state index in [1.54, 1.807) is 25.3 Å². The lowest BCUT2D eigenvalue weighted by atomic mass is 10.2. The van der Waals surface area contributed by atoms with Crippen LogP contribution in [-0.2, 0) is 17.5 Å². The predicted molar refractivity (Wildman–Crippen MR) is 83.1 cm³/mol. The van der Waals surface area contributed by atoms with Crippen LogP contribution in [0.2, 0.25) is 0 Å². The number of aromatic nitrogens is 3. The first kappa shape index (κ1) is 15.4. The van der Waals surface area contributed by atoms with Gasteiger partial charge in [0.15, 0.2) is 16.7 Å². The van der Waals surface area contributed by atoms with Crippen LogP contribution in [0, 0.1) is 6.92 Å². The van der Waals surface area contributed by atoms with Crippen LogP contribution in [-0.4, -0.2) is 27.8 Å². The summed E-state index contributed by atoms with van der Waals surface area (Å²) in [5.41, 5.74) is 0.442. The smallest absolute Gasteiger partial charge is 0.341 e. The van der Waals surface area contributed by atoms with Gasteiger partial charge in [-0.25, -0.2) is 4.79 Å². The fourth-order valence-corrected chi connectivity index (χ4v) is 2.92. The number of furan rings is 2. The van der Waals surface area contributed by atoms with Crippen LogP contribution in [0.4, 0.5) is 0 Å². The number of carbonyl (C=O) groups is 1. The highest BCUT2D eigenvalue weighted by molar-refractivity contribution is 7.98. The first-order valence-electron chi connectivity index (χ1n) is 6.84. The van der Waals surface area contributed by atoms with Crippen molar-refractivity contribution >= 4 is 17.7 Å². The van der Waals surface area contributed by atoms with E-state index in [-0.39, 0.29) is 0 Å². The Labute approximate surface area is 136 Å². The Morgan fingerprint density at radius 2 is 2.26 bits per heavy atom. The average molecular weight is 333 g/mol. The van der Waals surface area contributed by atoms with Crippen molar-refractivity contribution in [3.63, 3.8) is 0 Å². The first-order valence-corrected chi connectivity index (χ1v) is 7.82. The normalized spacial score (nSPS) is 10.9. The molecule has 0 N–H and O–H groups in total. The average Bonchev–Trinajstić information content (AvgIpc) is 3.25. The summed E-state index contributed by atoms with van der Waals surface area (Å²) in [6.45, 7) is 1.73. The van der Waals surface area contributed by atoms with E-state index < -0.39 is 5.97 Å². The maximum atomic E-state index is 11.6. The van der Waals surface area contributed by atoms with Gasteiger partial charge in [-0.3, -0.25) is 0 Å². The van der Waals surface area contributed by atoms with Crippen molar-refractivity contribution in [2.75, 3.05) is 7.11 Å². The molecule has 0 atom stereocenters. The van der Waals surface area contributed by atoms with Crippen molar-refractivity contribution in [1.29, 1.82) is 0 Å². The van der Waals surface area contributed by atoms with Crippen molar-refractivity contribution in [3.05, 3.63) is 41.5 Å². The summed E-state index contributed by atoms with van der Waals surface area (Å²) in [6.07, 6.45) is 1.59. The van der Waals surface area contributed by atoms with Gasteiger partial charge >= 0.3 is 5.97 Å². The van der Waals surface area contributed by atoms with E-state index in [4.69, 9.17) is 13.6 Å². The second kappa shape index (κ2) is 6.33. The number of ether oxygens (including phenoxy) is 1. The number of esters is 1. The quantitative estimate of drug-likeness (QED) is 0.524. The summed E-state index contributed by atoms with van der Waals surface area (Å²) in [5, 5.41) is 9.01. The highest BCUT2D eigenvalue weighted by atomic mass is 32.2. The Morgan fingerprint density at radius 3 is 2.96 bits per heavy atom. The molecule has 0 amide bonds. The summed E-state index contributed by atoms with van der Waals surface area (Å²) >= 11 is 1.46. The third-order valence-electron chi connectivity index (χ3n) is 3.29. The fourth-order valence-electron chi connectivity index (χ4n) is 2.12. The number of nitrogens with zero attached hydrogens (tertiary/aromatic N) is 3. The minimum Gasteiger partial charge on any atom is -0.465 e. The number of hydrogen-bond donors (Lipinski definition) is 0. The van der Waals surface area contributed by atoms with Gasteiger partial charge in [0.2, 0.25) is 0 Å². The van der Waals surface area contributed by atoms with Crippen molar-refractivity contribution in [2.24, 2.45) is 7.05 Å². The Morgan fingerprint density at radius 1 is 1.43 bits per heavy atom. The molecule has 3 rings (SSSR count). The van der Waals surface area contributed by atoms with Crippen LogP contribution in [0.25, 0.3) is 11.6 Å². The van der Waals surface area contributed by atoms with Crippen molar-refractivity contribution in [3.8, 4) is 11.6 Å². The summed E-state index contributed by atoms with van der Waals surface area (Å²) in [6, 6.07) is 5.33. The number of hydrogen-bond acceptors (Lipinski definition) is 7. The zero-order valence-electron chi connectivity index (χ0n) is 12.9. The zero-order valence-corrected chi connectivity index (χ0v) is 13.7. The van der Waals surface area contributed by atoms with E-state index >= 15 is 0 Å². The Hall–Kier alpha value is -2.48. The largest absolute Gasteiger partial charge is 0.465 e. The third kappa shape index (κ3) is 3.02. The molecule has 0 aliphatic rings. The van der Waals surface area contributed by atoms with Crippen LogP contribution >= 0.6 is 11.8 Å². The van der Waals surface area contributed by atoms with E-state index in [9.17, 15) is 4.79 Å². The molecule has 3 aromatic heterocycles. The van der Waals surface area contributed by atoms with Gasteiger partial charge in [-0.05, 0) is 25.1 Å². The lowest BCUT2D eigenvalue weighted by Gasteiger charge is -2.00. The molecule has 0 unspecified atom stereocenters. The van der Waals surface area contributed by atoms with Crippen molar-refractivity contribution in [2.45, 2.75) is 17.8 Å². The zero-order chi connectivity index (χ0) is 16.4. The first-order chi connectivity index (χ1) is 11.1.